The Hall–Kier alpha value is -2.27. The van der Waals surface area contributed by atoms with E-state index in [1.165, 1.54) is 0 Å². The second-order valence-corrected chi connectivity index (χ2v) is 4.50. The Morgan fingerprint density at radius 3 is 2.79 bits per heavy atom. The van der Waals surface area contributed by atoms with Crippen LogP contribution < -0.4 is 5.32 Å². The number of nitrogens with one attached hydrogen (secondary N) is 2. The minimum absolute atomic E-state index is 0.474. The van der Waals surface area contributed by atoms with Gasteiger partial charge >= 0.3 is 0 Å². The number of aromatic nitrogens is 3. The normalized spacial score (nSPS) is 10.5. The predicted octanol–water partition coefficient (Wildman–Crippen LogP) is 3.30. The average molecular weight is 268 g/mol. The monoisotopic (exact) mass is 268 g/mol. The molecule has 0 radical (unpaired) electrons. The Bertz CT molecular complexity index is 752. The van der Waals surface area contributed by atoms with Crippen molar-refractivity contribution in [2.75, 3.05) is 5.32 Å². The fourth-order valence-corrected chi connectivity index (χ4v) is 2.12. The third-order valence-electron chi connectivity index (χ3n) is 2.80. The number of pyridine rings is 1. The van der Waals surface area contributed by atoms with E-state index in [4.69, 9.17) is 12.2 Å². The average Bonchev–Trinajstić information content (AvgIpc) is 2.45. The molecular weight excluding hydrogens is 256 g/mol. The molecule has 0 aliphatic carbocycles. The van der Waals surface area contributed by atoms with Crippen LogP contribution in [-0.2, 0) is 6.54 Å². The van der Waals surface area contributed by atoms with Gasteiger partial charge in [-0.05, 0) is 36.5 Å². The lowest BCUT2D eigenvalue weighted by atomic mass is 10.2. The number of fused-ring (bicyclic) bond motifs is 1. The summed E-state index contributed by atoms with van der Waals surface area (Å²) in [5.41, 5.74) is 1.94. The van der Waals surface area contributed by atoms with Crippen LogP contribution in [0.2, 0.25) is 0 Å². The maximum absolute atomic E-state index is 5.14. The van der Waals surface area contributed by atoms with Crippen LogP contribution in [0.5, 0.6) is 0 Å². The second-order valence-electron chi connectivity index (χ2n) is 4.11. The van der Waals surface area contributed by atoms with Crippen LogP contribution in [-0.4, -0.2) is 15.0 Å². The maximum Gasteiger partial charge on any atom is 0.199 e. The largest absolute Gasteiger partial charge is 0.364 e. The molecule has 0 saturated heterocycles. The van der Waals surface area contributed by atoms with E-state index in [-0.39, 0.29) is 0 Å². The molecule has 2 N–H and O–H groups in total. The van der Waals surface area contributed by atoms with Crippen LogP contribution in [0.4, 0.5) is 5.82 Å². The van der Waals surface area contributed by atoms with Crippen molar-refractivity contribution in [3.63, 3.8) is 0 Å². The first-order valence-corrected chi connectivity index (χ1v) is 6.36. The van der Waals surface area contributed by atoms with Gasteiger partial charge in [-0.25, -0.2) is 4.98 Å². The molecule has 5 heteroatoms. The smallest absolute Gasteiger partial charge is 0.199 e. The highest BCUT2D eigenvalue weighted by Crippen LogP contribution is 2.19. The summed E-state index contributed by atoms with van der Waals surface area (Å²) in [7, 11) is 0. The summed E-state index contributed by atoms with van der Waals surface area (Å²) in [4.78, 5) is 11.7. The summed E-state index contributed by atoms with van der Waals surface area (Å²) in [5.74, 6) is 0.782. The van der Waals surface area contributed by atoms with Crippen molar-refractivity contribution in [1.29, 1.82) is 0 Å². The molecule has 19 heavy (non-hydrogen) atoms. The van der Waals surface area contributed by atoms with Crippen LogP contribution in [0, 0.1) is 4.77 Å². The van der Waals surface area contributed by atoms with Gasteiger partial charge in [-0.15, -0.1) is 0 Å². The van der Waals surface area contributed by atoms with E-state index in [1.807, 2.05) is 42.5 Å². The van der Waals surface area contributed by atoms with E-state index in [0.717, 1.165) is 22.4 Å². The molecule has 0 bridgehead atoms. The zero-order valence-corrected chi connectivity index (χ0v) is 10.9. The number of nitrogens with zero attached hydrogens (tertiary/aromatic N) is 2. The summed E-state index contributed by atoms with van der Waals surface area (Å²) in [5, 5.41) is 4.30. The molecule has 3 aromatic rings. The molecule has 0 unspecified atom stereocenters. The van der Waals surface area contributed by atoms with E-state index in [0.29, 0.717) is 11.3 Å². The molecule has 0 aliphatic rings. The van der Waals surface area contributed by atoms with Gasteiger partial charge in [-0.3, -0.25) is 4.98 Å². The van der Waals surface area contributed by atoms with Crippen molar-refractivity contribution in [2.45, 2.75) is 6.54 Å². The van der Waals surface area contributed by atoms with Gasteiger partial charge in [0, 0.05) is 11.6 Å². The van der Waals surface area contributed by atoms with Gasteiger partial charge in [0.05, 0.1) is 17.8 Å². The van der Waals surface area contributed by atoms with Gasteiger partial charge in [-0.1, -0.05) is 18.2 Å². The zero-order chi connectivity index (χ0) is 13.1. The Labute approximate surface area is 115 Å². The Balaban J connectivity index is 1.94. The van der Waals surface area contributed by atoms with Crippen LogP contribution in [0.3, 0.4) is 0 Å². The van der Waals surface area contributed by atoms with Gasteiger partial charge in [0.1, 0.15) is 5.82 Å². The number of hydrogen-bond acceptors (Lipinski definition) is 4. The second kappa shape index (κ2) is 5.16. The SMILES string of the molecule is S=c1nc(NCc2ccccn2)c2ccccc2[nH]1. The first kappa shape index (κ1) is 11.8. The molecule has 1 aromatic carbocycles. The number of para-hydroxylation sites is 1. The van der Waals surface area contributed by atoms with Crippen LogP contribution >= 0.6 is 12.2 Å². The van der Waals surface area contributed by atoms with Crippen molar-refractivity contribution in [3.05, 3.63) is 59.1 Å². The van der Waals surface area contributed by atoms with Gasteiger partial charge in [0.25, 0.3) is 0 Å². The van der Waals surface area contributed by atoms with E-state index >= 15 is 0 Å². The lowest BCUT2D eigenvalue weighted by molar-refractivity contribution is 1.03. The van der Waals surface area contributed by atoms with Gasteiger partial charge in [0.15, 0.2) is 4.77 Å². The van der Waals surface area contributed by atoms with E-state index in [1.54, 1.807) is 6.20 Å². The zero-order valence-electron chi connectivity index (χ0n) is 10.1. The highest BCUT2D eigenvalue weighted by atomic mass is 32.1. The fourth-order valence-electron chi connectivity index (χ4n) is 1.92. The van der Waals surface area contributed by atoms with Crippen LogP contribution in [0.25, 0.3) is 10.9 Å². The highest BCUT2D eigenvalue weighted by molar-refractivity contribution is 7.71. The van der Waals surface area contributed by atoms with Crippen molar-refractivity contribution >= 4 is 28.9 Å². The molecule has 2 aromatic heterocycles. The highest BCUT2D eigenvalue weighted by Gasteiger charge is 2.03. The molecule has 0 spiro atoms. The van der Waals surface area contributed by atoms with Crippen molar-refractivity contribution < 1.29 is 0 Å². The van der Waals surface area contributed by atoms with Crippen molar-refractivity contribution in [3.8, 4) is 0 Å². The number of rotatable bonds is 3. The third-order valence-corrected chi connectivity index (χ3v) is 2.99. The fraction of sp³-hybridized carbons (Fsp3) is 0.0714. The van der Waals surface area contributed by atoms with Crippen LogP contribution in [0.15, 0.2) is 48.7 Å². The molecule has 4 nitrogen and oxygen atoms in total. The van der Waals surface area contributed by atoms with E-state index in [2.05, 4.69) is 20.3 Å². The van der Waals surface area contributed by atoms with Crippen molar-refractivity contribution in [1.82, 2.24) is 15.0 Å². The summed E-state index contributed by atoms with van der Waals surface area (Å²) >= 11 is 5.14. The van der Waals surface area contributed by atoms with Gasteiger partial charge in [0.2, 0.25) is 0 Å². The summed E-state index contributed by atoms with van der Waals surface area (Å²) in [6, 6.07) is 13.8. The summed E-state index contributed by atoms with van der Waals surface area (Å²) in [6.45, 7) is 0.622. The minimum Gasteiger partial charge on any atom is -0.364 e. The number of benzene rings is 1. The number of aromatic amines is 1. The molecule has 2 heterocycles. The predicted molar refractivity (Wildman–Crippen MR) is 78.5 cm³/mol. The standard InChI is InChI=1S/C14H12N4S/c19-14-17-12-7-2-1-6-11(12)13(18-14)16-9-10-5-3-4-8-15-10/h1-8H,9H2,(H2,16,17,18,19). The summed E-state index contributed by atoms with van der Waals surface area (Å²) < 4.78 is 0.474. The lowest BCUT2D eigenvalue weighted by Crippen LogP contribution is -2.04. The summed E-state index contributed by atoms with van der Waals surface area (Å²) in [6.07, 6.45) is 1.78. The van der Waals surface area contributed by atoms with Crippen LogP contribution in [0.1, 0.15) is 5.69 Å². The van der Waals surface area contributed by atoms with Gasteiger partial charge < -0.3 is 10.3 Å². The first-order chi connectivity index (χ1) is 9.33. The van der Waals surface area contributed by atoms with Crippen molar-refractivity contribution in [2.24, 2.45) is 0 Å². The molecular formula is C14H12N4S. The first-order valence-electron chi connectivity index (χ1n) is 5.96. The minimum atomic E-state index is 0.474. The quantitative estimate of drug-likeness (QED) is 0.716. The number of hydrogen-bond donors (Lipinski definition) is 2. The topological polar surface area (TPSA) is 53.6 Å². The number of anilines is 1. The maximum atomic E-state index is 5.14. The molecule has 3 rings (SSSR count). The Kier molecular flexibility index (Phi) is 3.20. The number of H-pyrrole nitrogens is 1. The molecule has 0 saturated carbocycles. The molecule has 0 aliphatic heterocycles. The third kappa shape index (κ3) is 2.61. The van der Waals surface area contributed by atoms with E-state index in [9.17, 15) is 0 Å². The molecule has 0 fully saturated rings. The molecule has 0 amide bonds. The van der Waals surface area contributed by atoms with Gasteiger partial charge in [-0.2, -0.15) is 0 Å². The van der Waals surface area contributed by atoms with E-state index < -0.39 is 0 Å². The Morgan fingerprint density at radius 1 is 1.11 bits per heavy atom. The molecule has 0 atom stereocenters. The Morgan fingerprint density at radius 2 is 1.95 bits per heavy atom. The molecule has 94 valence electrons. The lowest BCUT2D eigenvalue weighted by Gasteiger charge is -2.08.